The molecule has 0 unspecified atom stereocenters. The third-order valence-electron chi connectivity index (χ3n) is 2.45. The molecule has 96 valence electrons. The van der Waals surface area contributed by atoms with E-state index >= 15 is 0 Å². The Labute approximate surface area is 112 Å². The Morgan fingerprint density at radius 3 is 2.63 bits per heavy atom. The number of aryl methyl sites for hydroxylation is 1. The summed E-state index contributed by atoms with van der Waals surface area (Å²) in [6.07, 6.45) is 1.32. The molecule has 0 aliphatic heterocycles. The summed E-state index contributed by atoms with van der Waals surface area (Å²) in [5, 5.41) is 22.9. The summed E-state index contributed by atoms with van der Waals surface area (Å²) in [6.45, 7) is 4.28. The van der Waals surface area contributed by atoms with Crippen LogP contribution in [0.5, 0.6) is 0 Å². The van der Waals surface area contributed by atoms with Gasteiger partial charge in [0.15, 0.2) is 0 Å². The fourth-order valence-corrected chi connectivity index (χ4v) is 1.42. The number of hydrogen-bond donors (Lipinski definition) is 2. The third kappa shape index (κ3) is 3.86. The van der Waals surface area contributed by atoms with Gasteiger partial charge in [-0.25, -0.2) is 0 Å². The molecule has 0 bridgehead atoms. The van der Waals surface area contributed by atoms with Gasteiger partial charge in [-0.3, -0.25) is 4.79 Å². The maximum Gasteiger partial charge on any atom is 0.251 e. The molecule has 5 nitrogen and oxygen atoms in total. The first kappa shape index (κ1) is 14.3. The molecule has 0 atom stereocenters. The topological polar surface area (TPSA) is 88.7 Å². The van der Waals surface area contributed by atoms with Crippen LogP contribution in [0.2, 0.25) is 0 Å². The Morgan fingerprint density at radius 2 is 2.05 bits per heavy atom. The number of benzene rings is 1. The fraction of sp³-hybridized carbons (Fsp3) is 0.214. The highest BCUT2D eigenvalue weighted by atomic mass is 16.1. The van der Waals surface area contributed by atoms with Crippen molar-refractivity contribution in [3.63, 3.8) is 0 Å². The van der Waals surface area contributed by atoms with Gasteiger partial charge in [0, 0.05) is 24.0 Å². The van der Waals surface area contributed by atoms with Gasteiger partial charge in [-0.05, 0) is 31.5 Å². The maximum atomic E-state index is 11.7. The maximum absolute atomic E-state index is 11.7. The Hall–Kier alpha value is -2.79. The van der Waals surface area contributed by atoms with Gasteiger partial charge < -0.3 is 10.6 Å². The highest BCUT2D eigenvalue weighted by molar-refractivity contribution is 5.95. The zero-order valence-electron chi connectivity index (χ0n) is 10.8. The number of rotatable bonds is 4. The minimum Gasteiger partial charge on any atom is -0.360 e. The van der Waals surface area contributed by atoms with E-state index in [-0.39, 0.29) is 11.5 Å². The summed E-state index contributed by atoms with van der Waals surface area (Å²) in [7, 11) is 0. The number of nitrogens with zero attached hydrogens (tertiary/aromatic N) is 2. The van der Waals surface area contributed by atoms with Crippen LogP contribution in [0.15, 0.2) is 30.0 Å². The smallest absolute Gasteiger partial charge is 0.251 e. The predicted molar refractivity (Wildman–Crippen MR) is 72.1 cm³/mol. The van der Waals surface area contributed by atoms with E-state index in [0.717, 1.165) is 5.56 Å². The number of carbonyl (C=O) groups excluding carboxylic acids is 1. The van der Waals surface area contributed by atoms with Crippen LogP contribution in [0.3, 0.4) is 0 Å². The van der Waals surface area contributed by atoms with Crippen LogP contribution >= 0.6 is 0 Å². The predicted octanol–water partition coefficient (Wildman–Crippen LogP) is 2.09. The standard InChI is InChI=1S/C14H14N4O/c1-3-17-14(19)12-5-4-10(2)13(6-12)18-9-11(7-15)8-16/h4-6,9,18H,3H2,1-2H3,(H,17,19). The normalized spacial score (nSPS) is 8.84. The van der Waals surface area contributed by atoms with Crippen LogP contribution in [0.1, 0.15) is 22.8 Å². The van der Waals surface area contributed by atoms with E-state index in [0.29, 0.717) is 17.8 Å². The fourth-order valence-electron chi connectivity index (χ4n) is 1.42. The lowest BCUT2D eigenvalue weighted by Crippen LogP contribution is -2.22. The zero-order chi connectivity index (χ0) is 14.3. The van der Waals surface area contributed by atoms with Gasteiger partial charge in [0.1, 0.15) is 17.7 Å². The van der Waals surface area contributed by atoms with E-state index in [4.69, 9.17) is 10.5 Å². The summed E-state index contributed by atoms with van der Waals surface area (Å²) in [6, 6.07) is 8.73. The molecule has 0 fully saturated rings. The van der Waals surface area contributed by atoms with E-state index < -0.39 is 0 Å². The highest BCUT2D eigenvalue weighted by Gasteiger charge is 2.06. The SMILES string of the molecule is CCNC(=O)c1ccc(C)c(NC=C(C#N)C#N)c1. The van der Waals surface area contributed by atoms with Crippen molar-refractivity contribution in [1.29, 1.82) is 10.5 Å². The first-order chi connectivity index (χ1) is 9.12. The van der Waals surface area contributed by atoms with Gasteiger partial charge in [-0.2, -0.15) is 10.5 Å². The number of amides is 1. The van der Waals surface area contributed by atoms with E-state index in [1.54, 1.807) is 30.3 Å². The van der Waals surface area contributed by atoms with Crippen molar-refractivity contribution < 1.29 is 4.79 Å². The van der Waals surface area contributed by atoms with Gasteiger partial charge in [0.05, 0.1) is 0 Å². The van der Waals surface area contributed by atoms with Crippen molar-refractivity contribution in [2.45, 2.75) is 13.8 Å². The Kier molecular flexibility index (Phi) is 5.13. The molecule has 5 heteroatoms. The van der Waals surface area contributed by atoms with Crippen LogP contribution < -0.4 is 10.6 Å². The summed E-state index contributed by atoms with van der Waals surface area (Å²) in [5.74, 6) is -0.157. The number of nitrogens with one attached hydrogen (secondary N) is 2. The van der Waals surface area contributed by atoms with Crippen molar-refractivity contribution in [3.05, 3.63) is 41.1 Å². The van der Waals surface area contributed by atoms with Crippen LogP contribution in [0.4, 0.5) is 5.69 Å². The number of carbonyl (C=O) groups is 1. The molecule has 0 saturated carbocycles. The van der Waals surface area contributed by atoms with E-state index in [1.807, 2.05) is 13.8 Å². The largest absolute Gasteiger partial charge is 0.360 e. The second kappa shape index (κ2) is 6.83. The first-order valence-electron chi connectivity index (χ1n) is 5.78. The molecule has 1 amide bonds. The molecule has 0 radical (unpaired) electrons. The number of nitriles is 2. The number of allylic oxidation sites excluding steroid dienone is 1. The molecule has 1 aromatic rings. The summed E-state index contributed by atoms with van der Waals surface area (Å²) in [4.78, 5) is 11.7. The monoisotopic (exact) mass is 254 g/mol. The molecule has 0 heterocycles. The number of anilines is 1. The van der Waals surface area contributed by atoms with E-state index in [2.05, 4.69) is 10.6 Å². The van der Waals surface area contributed by atoms with Crippen LogP contribution in [0.25, 0.3) is 0 Å². The molecule has 0 saturated heterocycles. The average molecular weight is 254 g/mol. The van der Waals surface area contributed by atoms with Crippen LogP contribution in [-0.2, 0) is 0 Å². The summed E-state index contributed by atoms with van der Waals surface area (Å²) in [5.41, 5.74) is 2.10. The van der Waals surface area contributed by atoms with Gasteiger partial charge >= 0.3 is 0 Å². The van der Waals surface area contributed by atoms with Crippen LogP contribution in [-0.4, -0.2) is 12.5 Å². The molecule has 1 rings (SSSR count). The summed E-state index contributed by atoms with van der Waals surface area (Å²) >= 11 is 0. The van der Waals surface area contributed by atoms with Gasteiger partial charge in [-0.15, -0.1) is 0 Å². The van der Waals surface area contributed by atoms with Crippen molar-refractivity contribution in [3.8, 4) is 12.1 Å². The molecule has 0 aromatic heterocycles. The molecule has 1 aromatic carbocycles. The molecule has 0 aliphatic rings. The minimum atomic E-state index is -0.157. The second-order valence-electron chi connectivity index (χ2n) is 3.82. The average Bonchev–Trinajstić information content (AvgIpc) is 2.42. The van der Waals surface area contributed by atoms with Gasteiger partial charge in [0.25, 0.3) is 5.91 Å². The Bertz CT molecular complexity index is 574. The first-order valence-corrected chi connectivity index (χ1v) is 5.78. The quantitative estimate of drug-likeness (QED) is 0.805. The lowest BCUT2D eigenvalue weighted by molar-refractivity contribution is 0.0956. The number of hydrogen-bond acceptors (Lipinski definition) is 4. The Balaban J connectivity index is 2.99. The molecular formula is C14H14N4O. The molecule has 2 N–H and O–H groups in total. The highest BCUT2D eigenvalue weighted by Crippen LogP contribution is 2.17. The van der Waals surface area contributed by atoms with Crippen molar-refractivity contribution in [2.24, 2.45) is 0 Å². The van der Waals surface area contributed by atoms with Gasteiger partial charge in [0.2, 0.25) is 0 Å². The zero-order valence-corrected chi connectivity index (χ0v) is 10.8. The van der Waals surface area contributed by atoms with Crippen molar-refractivity contribution in [1.82, 2.24) is 5.32 Å². The van der Waals surface area contributed by atoms with Crippen molar-refractivity contribution in [2.75, 3.05) is 11.9 Å². The second-order valence-corrected chi connectivity index (χ2v) is 3.82. The Morgan fingerprint density at radius 1 is 1.37 bits per heavy atom. The molecule has 19 heavy (non-hydrogen) atoms. The van der Waals surface area contributed by atoms with E-state index in [1.165, 1.54) is 6.20 Å². The lowest BCUT2D eigenvalue weighted by atomic mass is 10.1. The molecular weight excluding hydrogens is 240 g/mol. The van der Waals surface area contributed by atoms with Crippen molar-refractivity contribution >= 4 is 11.6 Å². The lowest BCUT2D eigenvalue weighted by Gasteiger charge is -2.08. The minimum absolute atomic E-state index is 0.0252. The third-order valence-corrected chi connectivity index (χ3v) is 2.45. The summed E-state index contributed by atoms with van der Waals surface area (Å²) < 4.78 is 0. The van der Waals surface area contributed by atoms with E-state index in [9.17, 15) is 4.79 Å². The molecule has 0 spiro atoms. The van der Waals surface area contributed by atoms with Crippen LogP contribution in [0, 0.1) is 29.6 Å². The molecule has 0 aliphatic carbocycles. The van der Waals surface area contributed by atoms with Gasteiger partial charge in [-0.1, -0.05) is 6.07 Å².